The average Bonchev–Trinajstić information content (AvgIpc) is 2.52. The zero-order chi connectivity index (χ0) is 16.9. The molecular weight excluding hydrogens is 288 g/mol. The van der Waals surface area contributed by atoms with Gasteiger partial charge in [0, 0.05) is 0 Å². The van der Waals surface area contributed by atoms with E-state index in [9.17, 15) is 9.90 Å². The Bertz CT molecular complexity index is 614. The Morgan fingerprint density at radius 1 is 1.00 bits per heavy atom. The molecule has 0 unspecified atom stereocenters. The number of carbonyl (C=O) groups excluding carboxylic acids is 1. The number of aliphatic hydroxyl groups excluding tert-OH is 1. The van der Waals surface area contributed by atoms with E-state index < -0.39 is 17.6 Å². The molecule has 3 heteroatoms. The number of esters is 1. The first-order valence-electron chi connectivity index (χ1n) is 7.86. The largest absolute Gasteiger partial charge is 0.460 e. The number of hydrogen-bond donors (Lipinski definition) is 1. The number of benzene rings is 2. The molecule has 0 saturated heterocycles. The SMILES string of the molecule is CC(C)(C)OC(=O)[C@H](Cc1ccccc1)[C@H](O)c1ccccc1. The molecule has 0 aliphatic rings. The van der Waals surface area contributed by atoms with E-state index in [0.717, 1.165) is 11.1 Å². The number of ether oxygens (including phenoxy) is 1. The molecule has 23 heavy (non-hydrogen) atoms. The third-order valence-corrected chi connectivity index (χ3v) is 3.53. The Morgan fingerprint density at radius 3 is 2.04 bits per heavy atom. The highest BCUT2D eigenvalue weighted by Crippen LogP contribution is 2.28. The third kappa shape index (κ3) is 5.22. The van der Waals surface area contributed by atoms with E-state index in [1.165, 1.54) is 0 Å². The maximum Gasteiger partial charge on any atom is 0.312 e. The number of carbonyl (C=O) groups is 1. The molecule has 0 spiro atoms. The molecule has 2 aromatic rings. The van der Waals surface area contributed by atoms with Gasteiger partial charge in [-0.1, -0.05) is 60.7 Å². The monoisotopic (exact) mass is 312 g/mol. The molecule has 122 valence electrons. The molecule has 0 fully saturated rings. The van der Waals surface area contributed by atoms with Crippen molar-refractivity contribution in [2.75, 3.05) is 0 Å². The Balaban J connectivity index is 2.25. The van der Waals surface area contributed by atoms with Crippen LogP contribution in [0.3, 0.4) is 0 Å². The van der Waals surface area contributed by atoms with E-state index >= 15 is 0 Å². The summed E-state index contributed by atoms with van der Waals surface area (Å²) >= 11 is 0. The van der Waals surface area contributed by atoms with Gasteiger partial charge in [-0.2, -0.15) is 0 Å². The van der Waals surface area contributed by atoms with Crippen molar-refractivity contribution in [1.82, 2.24) is 0 Å². The summed E-state index contributed by atoms with van der Waals surface area (Å²) in [5.41, 5.74) is 1.14. The Labute approximate surface area is 137 Å². The lowest BCUT2D eigenvalue weighted by Crippen LogP contribution is -2.33. The van der Waals surface area contributed by atoms with Gasteiger partial charge in [-0.15, -0.1) is 0 Å². The van der Waals surface area contributed by atoms with E-state index in [-0.39, 0.29) is 5.97 Å². The number of aliphatic hydroxyl groups is 1. The van der Waals surface area contributed by atoms with Gasteiger partial charge in [0.05, 0.1) is 12.0 Å². The van der Waals surface area contributed by atoms with Gasteiger partial charge in [0.25, 0.3) is 0 Å². The maximum atomic E-state index is 12.6. The summed E-state index contributed by atoms with van der Waals surface area (Å²) in [5.74, 6) is -1.02. The van der Waals surface area contributed by atoms with Crippen molar-refractivity contribution in [1.29, 1.82) is 0 Å². The number of hydrogen-bond acceptors (Lipinski definition) is 3. The fourth-order valence-corrected chi connectivity index (χ4v) is 2.45. The molecule has 0 aliphatic heterocycles. The first-order valence-corrected chi connectivity index (χ1v) is 7.86. The van der Waals surface area contributed by atoms with Crippen molar-refractivity contribution in [3.63, 3.8) is 0 Å². The van der Waals surface area contributed by atoms with Gasteiger partial charge in [-0.3, -0.25) is 4.79 Å². The van der Waals surface area contributed by atoms with Crippen LogP contribution in [-0.2, 0) is 16.0 Å². The van der Waals surface area contributed by atoms with Crippen molar-refractivity contribution >= 4 is 5.97 Å². The normalized spacial score (nSPS) is 14.1. The van der Waals surface area contributed by atoms with E-state index in [2.05, 4.69) is 0 Å². The van der Waals surface area contributed by atoms with Gasteiger partial charge >= 0.3 is 5.97 Å². The summed E-state index contributed by atoms with van der Waals surface area (Å²) in [7, 11) is 0. The van der Waals surface area contributed by atoms with Crippen molar-refractivity contribution < 1.29 is 14.6 Å². The third-order valence-electron chi connectivity index (χ3n) is 3.53. The Morgan fingerprint density at radius 2 is 1.52 bits per heavy atom. The molecule has 0 heterocycles. The summed E-state index contributed by atoms with van der Waals surface area (Å²) in [6.45, 7) is 5.50. The van der Waals surface area contributed by atoms with Gasteiger partial charge < -0.3 is 9.84 Å². The van der Waals surface area contributed by atoms with Crippen LogP contribution in [0.4, 0.5) is 0 Å². The minimum Gasteiger partial charge on any atom is -0.460 e. The van der Waals surface area contributed by atoms with Gasteiger partial charge in [-0.05, 0) is 38.3 Å². The van der Waals surface area contributed by atoms with Crippen molar-refractivity contribution in [3.05, 3.63) is 71.8 Å². The van der Waals surface area contributed by atoms with Crippen LogP contribution in [-0.4, -0.2) is 16.7 Å². The summed E-state index contributed by atoms with van der Waals surface area (Å²) in [4.78, 5) is 12.6. The van der Waals surface area contributed by atoms with Crippen molar-refractivity contribution in [3.8, 4) is 0 Å². The second-order valence-corrected chi connectivity index (χ2v) is 6.69. The Kier molecular flexibility index (Phi) is 5.56. The quantitative estimate of drug-likeness (QED) is 0.851. The first-order chi connectivity index (χ1) is 10.9. The molecule has 0 aliphatic carbocycles. The highest BCUT2D eigenvalue weighted by atomic mass is 16.6. The smallest absolute Gasteiger partial charge is 0.312 e. The molecule has 0 radical (unpaired) electrons. The first kappa shape index (κ1) is 17.2. The van der Waals surface area contributed by atoms with Crippen LogP contribution >= 0.6 is 0 Å². The second-order valence-electron chi connectivity index (χ2n) is 6.69. The van der Waals surface area contributed by atoms with Crippen molar-refractivity contribution in [2.45, 2.75) is 38.9 Å². The minimum atomic E-state index is -0.897. The lowest BCUT2D eigenvalue weighted by molar-refractivity contribution is -0.164. The average molecular weight is 312 g/mol. The summed E-state index contributed by atoms with van der Waals surface area (Å²) in [5, 5.41) is 10.7. The zero-order valence-electron chi connectivity index (χ0n) is 13.9. The molecule has 0 bridgehead atoms. The van der Waals surface area contributed by atoms with Gasteiger partial charge in [-0.25, -0.2) is 0 Å². The maximum absolute atomic E-state index is 12.6. The van der Waals surface area contributed by atoms with E-state index in [4.69, 9.17) is 4.74 Å². The van der Waals surface area contributed by atoms with Crippen LogP contribution in [0, 0.1) is 5.92 Å². The fourth-order valence-electron chi connectivity index (χ4n) is 2.45. The molecule has 0 amide bonds. The highest BCUT2D eigenvalue weighted by Gasteiger charge is 2.32. The van der Waals surface area contributed by atoms with Gasteiger partial charge in [0.2, 0.25) is 0 Å². The summed E-state index contributed by atoms with van der Waals surface area (Å²) in [6, 6.07) is 18.9. The predicted octanol–water partition coefficient (Wildman–Crippen LogP) is 3.92. The minimum absolute atomic E-state index is 0.377. The highest BCUT2D eigenvalue weighted by molar-refractivity contribution is 5.74. The predicted molar refractivity (Wildman–Crippen MR) is 90.9 cm³/mol. The van der Waals surface area contributed by atoms with E-state index in [1.54, 1.807) is 0 Å². The van der Waals surface area contributed by atoms with Gasteiger partial charge in [0.15, 0.2) is 0 Å². The lowest BCUT2D eigenvalue weighted by Gasteiger charge is -2.27. The molecule has 2 aromatic carbocycles. The van der Waals surface area contributed by atoms with Crippen LogP contribution in [0.25, 0.3) is 0 Å². The fraction of sp³-hybridized carbons (Fsp3) is 0.350. The van der Waals surface area contributed by atoms with Crippen LogP contribution in [0.15, 0.2) is 60.7 Å². The van der Waals surface area contributed by atoms with Gasteiger partial charge in [0.1, 0.15) is 5.60 Å². The second kappa shape index (κ2) is 7.42. The Hall–Kier alpha value is -2.13. The molecule has 0 saturated carbocycles. The molecule has 3 nitrogen and oxygen atoms in total. The molecule has 0 aromatic heterocycles. The van der Waals surface area contributed by atoms with E-state index in [0.29, 0.717) is 6.42 Å². The van der Waals surface area contributed by atoms with Crippen LogP contribution < -0.4 is 0 Å². The lowest BCUT2D eigenvalue weighted by atomic mass is 9.89. The topological polar surface area (TPSA) is 46.5 Å². The molecule has 2 atom stereocenters. The molecule has 1 N–H and O–H groups in total. The van der Waals surface area contributed by atoms with Crippen molar-refractivity contribution in [2.24, 2.45) is 5.92 Å². The zero-order valence-corrected chi connectivity index (χ0v) is 13.9. The molecular formula is C20H24O3. The van der Waals surface area contributed by atoms with Crippen LogP contribution in [0.1, 0.15) is 38.0 Å². The number of rotatable bonds is 5. The standard InChI is InChI=1S/C20H24O3/c1-20(2,3)23-19(22)17(14-15-10-6-4-7-11-15)18(21)16-12-8-5-9-13-16/h4-13,17-18,21H,14H2,1-3H3/t17-,18-/m1/s1. The summed E-state index contributed by atoms with van der Waals surface area (Å²) < 4.78 is 5.52. The molecule has 2 rings (SSSR count). The van der Waals surface area contributed by atoms with Crippen LogP contribution in [0.5, 0.6) is 0 Å². The van der Waals surface area contributed by atoms with E-state index in [1.807, 2.05) is 81.4 Å². The van der Waals surface area contributed by atoms with Crippen LogP contribution in [0.2, 0.25) is 0 Å². The summed E-state index contributed by atoms with van der Waals surface area (Å²) in [6.07, 6.45) is -0.461.